The van der Waals surface area contributed by atoms with Crippen molar-refractivity contribution in [3.05, 3.63) is 42.0 Å². The lowest BCUT2D eigenvalue weighted by Crippen LogP contribution is -2.23. The summed E-state index contributed by atoms with van der Waals surface area (Å²) in [5.74, 6) is 0.576. The van der Waals surface area contributed by atoms with E-state index in [9.17, 15) is 9.18 Å². The van der Waals surface area contributed by atoms with E-state index in [1.54, 1.807) is 6.07 Å². The number of nitrogens with zero attached hydrogens (tertiary/aromatic N) is 1. The number of nitrogens with one attached hydrogen (secondary N) is 2. The van der Waals surface area contributed by atoms with Crippen LogP contribution in [0.3, 0.4) is 0 Å². The number of aromatic nitrogens is 2. The van der Waals surface area contributed by atoms with Gasteiger partial charge in [0.2, 0.25) is 5.91 Å². The normalized spacial score (nSPS) is 11.3. The van der Waals surface area contributed by atoms with E-state index in [1.165, 1.54) is 12.1 Å². The van der Waals surface area contributed by atoms with E-state index in [0.717, 1.165) is 30.6 Å². The summed E-state index contributed by atoms with van der Waals surface area (Å²) in [5.41, 5.74) is 1.47. The van der Waals surface area contributed by atoms with Gasteiger partial charge in [0.25, 0.3) is 0 Å². The molecule has 21 heavy (non-hydrogen) atoms. The van der Waals surface area contributed by atoms with Gasteiger partial charge in [-0.2, -0.15) is 0 Å². The van der Waals surface area contributed by atoms with Gasteiger partial charge in [-0.05, 0) is 31.0 Å². The third kappa shape index (κ3) is 4.70. The number of carbonyl (C=O) groups excluding carboxylic acids is 1. The molecule has 1 amide bonds. The monoisotopic (exact) mass is 289 g/mol. The minimum Gasteiger partial charge on any atom is -0.356 e. The molecule has 4 nitrogen and oxygen atoms in total. The van der Waals surface area contributed by atoms with Crippen molar-refractivity contribution in [3.63, 3.8) is 0 Å². The maximum absolute atomic E-state index is 13.1. The van der Waals surface area contributed by atoms with Gasteiger partial charge in [0.1, 0.15) is 11.6 Å². The Labute approximate surface area is 123 Å². The molecular weight excluding hydrogens is 269 g/mol. The molecule has 112 valence electrons. The number of fused-ring (bicyclic) bond motifs is 1. The predicted molar refractivity (Wildman–Crippen MR) is 81.4 cm³/mol. The zero-order valence-corrected chi connectivity index (χ0v) is 12.2. The van der Waals surface area contributed by atoms with Gasteiger partial charge in [-0.25, -0.2) is 9.37 Å². The largest absolute Gasteiger partial charge is 0.356 e. The SMILES string of the molecule is CC/C=C/CC(=O)NCCCc1nc2ccc(F)cc2[nH]1. The maximum atomic E-state index is 13.1. The predicted octanol–water partition coefficient (Wildman–Crippen LogP) is 3.11. The molecule has 1 aromatic carbocycles. The van der Waals surface area contributed by atoms with Crippen molar-refractivity contribution in [2.45, 2.75) is 32.6 Å². The van der Waals surface area contributed by atoms with Crippen molar-refractivity contribution >= 4 is 16.9 Å². The van der Waals surface area contributed by atoms with E-state index in [2.05, 4.69) is 15.3 Å². The molecule has 2 N–H and O–H groups in total. The Hall–Kier alpha value is -2.17. The number of imidazole rings is 1. The molecule has 0 aliphatic heterocycles. The van der Waals surface area contributed by atoms with Crippen molar-refractivity contribution in [1.29, 1.82) is 0 Å². The van der Waals surface area contributed by atoms with Crippen LogP contribution < -0.4 is 5.32 Å². The highest BCUT2D eigenvalue weighted by Gasteiger charge is 2.04. The van der Waals surface area contributed by atoms with Gasteiger partial charge < -0.3 is 10.3 Å². The van der Waals surface area contributed by atoms with Crippen LogP contribution in [0.4, 0.5) is 4.39 Å². The lowest BCUT2D eigenvalue weighted by Gasteiger charge is -2.02. The number of hydrogen-bond acceptors (Lipinski definition) is 2. The summed E-state index contributed by atoms with van der Waals surface area (Å²) < 4.78 is 13.1. The van der Waals surface area contributed by atoms with E-state index in [-0.39, 0.29) is 11.7 Å². The third-order valence-corrected chi connectivity index (χ3v) is 3.11. The topological polar surface area (TPSA) is 57.8 Å². The minimum absolute atomic E-state index is 0.0337. The standard InChI is InChI=1S/C16H20FN3O/c1-2-3-4-7-16(21)18-10-5-6-15-19-13-9-8-12(17)11-14(13)20-15/h3-4,8-9,11H,2,5-7,10H2,1H3,(H,18,21)(H,19,20)/b4-3+. The number of benzene rings is 1. The number of rotatable bonds is 7. The first kappa shape index (κ1) is 15.2. The Morgan fingerprint density at radius 2 is 2.29 bits per heavy atom. The zero-order chi connectivity index (χ0) is 15.1. The summed E-state index contributed by atoms with van der Waals surface area (Å²) in [7, 11) is 0. The van der Waals surface area contributed by atoms with Crippen LogP contribution in [0, 0.1) is 5.82 Å². The van der Waals surface area contributed by atoms with Crippen LogP contribution in [0.1, 0.15) is 32.0 Å². The van der Waals surface area contributed by atoms with Crippen LogP contribution in [0.25, 0.3) is 11.0 Å². The first-order valence-electron chi connectivity index (χ1n) is 7.25. The van der Waals surface area contributed by atoms with Crippen molar-refractivity contribution < 1.29 is 9.18 Å². The molecule has 0 aliphatic carbocycles. The first-order valence-corrected chi connectivity index (χ1v) is 7.25. The van der Waals surface area contributed by atoms with E-state index in [4.69, 9.17) is 0 Å². The second kappa shape index (κ2) is 7.57. The fourth-order valence-electron chi connectivity index (χ4n) is 2.07. The number of amides is 1. The molecule has 1 heterocycles. The molecule has 2 rings (SSSR count). The number of aromatic amines is 1. The molecule has 0 radical (unpaired) electrons. The summed E-state index contributed by atoms with van der Waals surface area (Å²) in [6.07, 6.45) is 6.75. The van der Waals surface area contributed by atoms with Gasteiger partial charge in [0.05, 0.1) is 11.0 Å². The quantitative estimate of drug-likeness (QED) is 0.608. The molecule has 2 aromatic rings. The second-order valence-corrected chi connectivity index (χ2v) is 4.88. The molecule has 0 bridgehead atoms. The van der Waals surface area contributed by atoms with Crippen molar-refractivity contribution in [3.8, 4) is 0 Å². The highest BCUT2D eigenvalue weighted by atomic mass is 19.1. The molecule has 0 saturated carbocycles. The van der Waals surface area contributed by atoms with E-state index in [1.807, 2.05) is 19.1 Å². The Bertz CT molecular complexity index is 633. The van der Waals surface area contributed by atoms with Crippen molar-refractivity contribution in [2.75, 3.05) is 6.54 Å². The Morgan fingerprint density at radius 3 is 3.10 bits per heavy atom. The lowest BCUT2D eigenvalue weighted by atomic mass is 10.3. The molecule has 0 aliphatic rings. The molecule has 0 unspecified atom stereocenters. The van der Waals surface area contributed by atoms with E-state index >= 15 is 0 Å². The summed E-state index contributed by atoms with van der Waals surface area (Å²) in [4.78, 5) is 19.0. The number of allylic oxidation sites excluding steroid dienone is 1. The van der Waals surface area contributed by atoms with Gasteiger partial charge in [-0.15, -0.1) is 0 Å². The van der Waals surface area contributed by atoms with Crippen LogP contribution in [0.5, 0.6) is 0 Å². The molecular formula is C16H20FN3O. The van der Waals surface area contributed by atoms with Gasteiger partial charge in [0, 0.05) is 19.4 Å². The van der Waals surface area contributed by atoms with E-state index < -0.39 is 0 Å². The maximum Gasteiger partial charge on any atom is 0.223 e. The second-order valence-electron chi connectivity index (χ2n) is 4.88. The number of halogens is 1. The zero-order valence-electron chi connectivity index (χ0n) is 12.2. The lowest BCUT2D eigenvalue weighted by molar-refractivity contribution is -0.120. The fourth-order valence-corrected chi connectivity index (χ4v) is 2.07. The summed E-state index contributed by atoms with van der Waals surface area (Å²) in [6.45, 7) is 2.65. The highest BCUT2D eigenvalue weighted by Crippen LogP contribution is 2.13. The van der Waals surface area contributed by atoms with E-state index in [0.29, 0.717) is 18.5 Å². The van der Waals surface area contributed by atoms with Gasteiger partial charge >= 0.3 is 0 Å². The molecule has 0 fully saturated rings. The number of H-pyrrole nitrogens is 1. The summed E-state index contributed by atoms with van der Waals surface area (Å²) in [6, 6.07) is 4.50. The number of hydrogen-bond donors (Lipinski definition) is 2. The summed E-state index contributed by atoms with van der Waals surface area (Å²) in [5, 5.41) is 2.86. The Morgan fingerprint density at radius 1 is 1.43 bits per heavy atom. The Kier molecular flexibility index (Phi) is 5.49. The third-order valence-electron chi connectivity index (χ3n) is 3.11. The average Bonchev–Trinajstić information content (AvgIpc) is 2.85. The molecule has 0 saturated heterocycles. The average molecular weight is 289 g/mol. The molecule has 0 spiro atoms. The number of carbonyl (C=O) groups is 1. The van der Waals surface area contributed by atoms with Crippen LogP contribution in [0.15, 0.2) is 30.4 Å². The van der Waals surface area contributed by atoms with Gasteiger partial charge in [0.15, 0.2) is 0 Å². The Balaban J connectivity index is 1.75. The first-order chi connectivity index (χ1) is 10.2. The minimum atomic E-state index is -0.273. The van der Waals surface area contributed by atoms with Crippen LogP contribution >= 0.6 is 0 Å². The fraction of sp³-hybridized carbons (Fsp3) is 0.375. The molecule has 0 atom stereocenters. The van der Waals surface area contributed by atoms with Gasteiger partial charge in [-0.3, -0.25) is 4.79 Å². The molecule has 1 aromatic heterocycles. The smallest absolute Gasteiger partial charge is 0.223 e. The van der Waals surface area contributed by atoms with Crippen LogP contribution in [0.2, 0.25) is 0 Å². The summed E-state index contributed by atoms with van der Waals surface area (Å²) >= 11 is 0. The number of aryl methyl sites for hydroxylation is 1. The van der Waals surface area contributed by atoms with Crippen LogP contribution in [-0.4, -0.2) is 22.4 Å². The highest BCUT2D eigenvalue weighted by molar-refractivity contribution is 5.77. The van der Waals surface area contributed by atoms with Gasteiger partial charge in [-0.1, -0.05) is 19.1 Å². The van der Waals surface area contributed by atoms with Crippen molar-refractivity contribution in [1.82, 2.24) is 15.3 Å². The van der Waals surface area contributed by atoms with Crippen LogP contribution in [-0.2, 0) is 11.2 Å². The van der Waals surface area contributed by atoms with Crippen molar-refractivity contribution in [2.24, 2.45) is 0 Å². The molecule has 5 heteroatoms.